The number of hydrogen-bond donors (Lipinski definition) is 1. The Balaban J connectivity index is 1.35. The number of rotatable bonds is 5. The van der Waals surface area contributed by atoms with E-state index in [1.54, 1.807) is 13.3 Å². The predicted octanol–water partition coefficient (Wildman–Crippen LogP) is 2.60. The summed E-state index contributed by atoms with van der Waals surface area (Å²) in [4.78, 5) is 19.1. The molecule has 6 nitrogen and oxygen atoms in total. The number of nitrogens with one attached hydrogen (secondary N) is 1. The second-order valence-electron chi connectivity index (χ2n) is 8.06. The van der Waals surface area contributed by atoms with E-state index in [9.17, 15) is 4.79 Å². The van der Waals surface area contributed by atoms with Gasteiger partial charge in [-0.1, -0.05) is 6.07 Å². The number of anilines is 1. The van der Waals surface area contributed by atoms with Crippen molar-refractivity contribution < 1.29 is 14.3 Å². The minimum Gasteiger partial charge on any atom is -0.378 e. The van der Waals surface area contributed by atoms with Crippen LogP contribution in [-0.4, -0.2) is 59.8 Å². The van der Waals surface area contributed by atoms with E-state index in [0.717, 1.165) is 57.5 Å². The Morgan fingerprint density at radius 3 is 3.00 bits per heavy atom. The molecule has 1 amide bonds. The predicted molar refractivity (Wildman–Crippen MR) is 99.0 cm³/mol. The van der Waals surface area contributed by atoms with E-state index in [1.807, 2.05) is 23.1 Å². The summed E-state index contributed by atoms with van der Waals surface area (Å²) < 4.78 is 11.8. The Morgan fingerprint density at radius 1 is 1.42 bits per heavy atom. The van der Waals surface area contributed by atoms with Gasteiger partial charge in [-0.05, 0) is 50.7 Å². The number of aromatic nitrogens is 1. The van der Waals surface area contributed by atoms with Gasteiger partial charge in [-0.2, -0.15) is 0 Å². The van der Waals surface area contributed by atoms with Gasteiger partial charge in [-0.25, -0.2) is 4.98 Å². The van der Waals surface area contributed by atoms with Gasteiger partial charge in [0, 0.05) is 39.0 Å². The third-order valence-corrected chi connectivity index (χ3v) is 6.35. The van der Waals surface area contributed by atoms with Crippen LogP contribution in [0.5, 0.6) is 0 Å². The number of amides is 1. The Morgan fingerprint density at radius 2 is 2.31 bits per heavy atom. The monoisotopic (exact) mass is 359 g/mol. The maximum Gasteiger partial charge on any atom is 0.225 e. The van der Waals surface area contributed by atoms with E-state index in [0.29, 0.717) is 19.0 Å². The van der Waals surface area contributed by atoms with Crippen LogP contribution in [0.3, 0.4) is 0 Å². The van der Waals surface area contributed by atoms with E-state index >= 15 is 0 Å². The summed E-state index contributed by atoms with van der Waals surface area (Å²) in [7, 11) is 1.73. The van der Waals surface area contributed by atoms with Gasteiger partial charge < -0.3 is 19.7 Å². The normalized spacial score (nSPS) is 30.2. The maximum atomic E-state index is 12.8. The van der Waals surface area contributed by atoms with Crippen molar-refractivity contribution in [2.24, 2.45) is 0 Å². The molecule has 3 fully saturated rings. The van der Waals surface area contributed by atoms with E-state index in [2.05, 4.69) is 10.3 Å². The Bertz CT molecular complexity index is 629. The van der Waals surface area contributed by atoms with Crippen LogP contribution in [0.25, 0.3) is 0 Å². The zero-order valence-electron chi connectivity index (χ0n) is 15.6. The van der Waals surface area contributed by atoms with Crippen molar-refractivity contribution in [2.75, 3.05) is 32.1 Å². The average Bonchev–Trinajstić information content (AvgIpc) is 3.02. The number of carbonyl (C=O) groups is 1. The van der Waals surface area contributed by atoms with Crippen LogP contribution in [0.4, 0.5) is 5.82 Å². The molecule has 1 aromatic heterocycles. The Hall–Kier alpha value is -1.66. The van der Waals surface area contributed by atoms with E-state index in [-0.39, 0.29) is 17.1 Å². The van der Waals surface area contributed by atoms with Crippen molar-refractivity contribution >= 4 is 11.7 Å². The van der Waals surface area contributed by atoms with E-state index in [4.69, 9.17) is 9.47 Å². The SMILES string of the molecule is COC1(CC(=O)N2CC[C@@]3(C[C@H](Nc4ccccn4)CCO3)C2)CCC1. The first-order valence-electron chi connectivity index (χ1n) is 9.77. The molecule has 1 spiro atoms. The van der Waals surface area contributed by atoms with Crippen LogP contribution in [-0.2, 0) is 14.3 Å². The summed E-state index contributed by atoms with van der Waals surface area (Å²) in [6.45, 7) is 2.22. The second-order valence-corrected chi connectivity index (χ2v) is 8.06. The molecule has 1 aliphatic carbocycles. The first-order valence-corrected chi connectivity index (χ1v) is 9.77. The number of likely N-dealkylation sites (tertiary alicyclic amines) is 1. The lowest BCUT2D eigenvalue weighted by molar-refractivity contribution is -0.145. The molecular weight excluding hydrogens is 330 g/mol. The number of methoxy groups -OCH3 is 1. The number of ether oxygens (including phenoxy) is 2. The average molecular weight is 359 g/mol. The minimum atomic E-state index is -0.208. The fourth-order valence-electron chi connectivity index (χ4n) is 4.56. The summed E-state index contributed by atoms with van der Waals surface area (Å²) in [5, 5.41) is 3.53. The lowest BCUT2D eigenvalue weighted by Gasteiger charge is -2.41. The molecule has 26 heavy (non-hydrogen) atoms. The van der Waals surface area contributed by atoms with Crippen molar-refractivity contribution in [3.63, 3.8) is 0 Å². The van der Waals surface area contributed by atoms with Gasteiger partial charge in [0.1, 0.15) is 5.82 Å². The van der Waals surface area contributed by atoms with Gasteiger partial charge in [0.25, 0.3) is 0 Å². The quantitative estimate of drug-likeness (QED) is 0.875. The molecule has 1 aromatic rings. The third-order valence-electron chi connectivity index (χ3n) is 6.35. The number of hydrogen-bond acceptors (Lipinski definition) is 5. The first-order chi connectivity index (χ1) is 12.6. The van der Waals surface area contributed by atoms with Gasteiger partial charge in [0.05, 0.1) is 17.6 Å². The molecule has 2 atom stereocenters. The van der Waals surface area contributed by atoms with Gasteiger partial charge in [-0.15, -0.1) is 0 Å². The molecule has 0 aromatic carbocycles. The second kappa shape index (κ2) is 7.16. The molecule has 2 saturated heterocycles. The standard InChI is InChI=1S/C20H29N3O3/c1-25-19(7-4-8-19)14-18(24)23-11-9-20(15-23)13-16(6-12-26-20)22-17-5-2-3-10-21-17/h2-3,5,10,16H,4,6-9,11-15H2,1H3,(H,21,22)/t16-,20-/m1/s1. The fourth-order valence-corrected chi connectivity index (χ4v) is 4.56. The van der Waals surface area contributed by atoms with Crippen LogP contribution >= 0.6 is 0 Å². The lowest BCUT2D eigenvalue weighted by Crippen LogP contribution is -2.48. The molecular formula is C20H29N3O3. The van der Waals surface area contributed by atoms with Crippen LogP contribution < -0.4 is 5.32 Å². The third kappa shape index (κ3) is 3.58. The number of carbonyl (C=O) groups excluding carboxylic acids is 1. The van der Waals surface area contributed by atoms with Crippen molar-refractivity contribution in [3.8, 4) is 0 Å². The molecule has 3 aliphatic rings. The topological polar surface area (TPSA) is 63.7 Å². The van der Waals surface area contributed by atoms with E-state index < -0.39 is 0 Å². The molecule has 6 heteroatoms. The first kappa shape index (κ1) is 17.7. The zero-order valence-corrected chi connectivity index (χ0v) is 15.6. The molecule has 1 saturated carbocycles. The van der Waals surface area contributed by atoms with Crippen molar-refractivity contribution in [1.82, 2.24) is 9.88 Å². The Labute approximate surface area is 155 Å². The highest BCUT2D eigenvalue weighted by atomic mass is 16.5. The molecule has 0 radical (unpaired) electrons. The van der Waals surface area contributed by atoms with Crippen molar-refractivity contribution in [1.29, 1.82) is 0 Å². The highest BCUT2D eigenvalue weighted by molar-refractivity contribution is 5.78. The van der Waals surface area contributed by atoms with Crippen molar-refractivity contribution in [3.05, 3.63) is 24.4 Å². The van der Waals surface area contributed by atoms with Gasteiger partial charge in [0.2, 0.25) is 5.91 Å². The van der Waals surface area contributed by atoms with Gasteiger partial charge >= 0.3 is 0 Å². The smallest absolute Gasteiger partial charge is 0.225 e. The summed E-state index contributed by atoms with van der Waals surface area (Å²) in [5.41, 5.74) is -0.413. The van der Waals surface area contributed by atoms with Crippen molar-refractivity contribution in [2.45, 2.75) is 62.2 Å². The number of pyridine rings is 1. The van der Waals surface area contributed by atoms with Crippen LogP contribution in [0, 0.1) is 0 Å². The molecule has 1 N–H and O–H groups in total. The molecule has 0 unspecified atom stereocenters. The van der Waals surface area contributed by atoms with Crippen LogP contribution in [0.1, 0.15) is 44.9 Å². The van der Waals surface area contributed by atoms with Crippen LogP contribution in [0.2, 0.25) is 0 Å². The fraction of sp³-hybridized carbons (Fsp3) is 0.700. The Kier molecular flexibility index (Phi) is 4.88. The summed E-state index contributed by atoms with van der Waals surface area (Å²) >= 11 is 0. The number of nitrogens with zero attached hydrogens (tertiary/aromatic N) is 2. The summed E-state index contributed by atoms with van der Waals surface area (Å²) in [6, 6.07) is 6.25. The molecule has 4 rings (SSSR count). The zero-order chi connectivity index (χ0) is 18.0. The maximum absolute atomic E-state index is 12.8. The van der Waals surface area contributed by atoms with Crippen LogP contribution in [0.15, 0.2) is 24.4 Å². The molecule has 0 bridgehead atoms. The molecule has 3 heterocycles. The summed E-state index contributed by atoms with van der Waals surface area (Å²) in [5.74, 6) is 1.12. The minimum absolute atomic E-state index is 0.205. The lowest BCUT2D eigenvalue weighted by atomic mass is 9.77. The largest absolute Gasteiger partial charge is 0.378 e. The molecule has 142 valence electrons. The van der Waals surface area contributed by atoms with Gasteiger partial charge in [-0.3, -0.25) is 4.79 Å². The molecule has 2 aliphatic heterocycles. The summed E-state index contributed by atoms with van der Waals surface area (Å²) in [6.07, 6.45) is 8.28. The highest BCUT2D eigenvalue weighted by Gasteiger charge is 2.47. The van der Waals surface area contributed by atoms with Gasteiger partial charge in [0.15, 0.2) is 0 Å². The van der Waals surface area contributed by atoms with E-state index in [1.165, 1.54) is 0 Å². The highest BCUT2D eigenvalue weighted by Crippen LogP contribution is 2.40.